The smallest absolute Gasteiger partial charge is 0.266 e. The van der Waals surface area contributed by atoms with Crippen molar-refractivity contribution in [2.75, 3.05) is 0 Å². The maximum absolute atomic E-state index is 11.8. The topological polar surface area (TPSA) is 147 Å². The number of pyridine rings is 1. The van der Waals surface area contributed by atoms with Crippen LogP contribution in [0.15, 0.2) is 44.6 Å². The van der Waals surface area contributed by atoms with Crippen LogP contribution in [0.3, 0.4) is 0 Å². The van der Waals surface area contributed by atoms with Crippen molar-refractivity contribution in [3.05, 3.63) is 62.6 Å². The number of aromatic nitrogens is 5. The molecule has 3 aromatic rings. The molecule has 3 aromatic heterocycles. The van der Waals surface area contributed by atoms with E-state index in [-0.39, 0.29) is 24.4 Å². The molecule has 0 atom stereocenters. The number of carbonyl (C=O) groups excluding carboxylic acids is 1. The van der Waals surface area contributed by atoms with Crippen LogP contribution in [0, 0.1) is 0 Å². The van der Waals surface area contributed by atoms with E-state index in [1.807, 2.05) is 0 Å². The minimum Gasteiger partial charge on any atom is -0.347 e. The first-order chi connectivity index (χ1) is 11.6. The van der Waals surface area contributed by atoms with Crippen molar-refractivity contribution in [2.45, 2.75) is 13.0 Å². The van der Waals surface area contributed by atoms with Gasteiger partial charge >= 0.3 is 0 Å². The Morgan fingerprint density at radius 1 is 1.25 bits per heavy atom. The van der Waals surface area contributed by atoms with Gasteiger partial charge < -0.3 is 9.84 Å². The van der Waals surface area contributed by atoms with Crippen LogP contribution in [0.5, 0.6) is 0 Å². The number of hydrogen-bond acceptors (Lipinski definition) is 7. The lowest BCUT2D eigenvalue weighted by molar-refractivity contribution is -0.120. The van der Waals surface area contributed by atoms with Crippen molar-refractivity contribution in [1.82, 2.24) is 30.6 Å². The van der Waals surface area contributed by atoms with Crippen LogP contribution in [0.4, 0.5) is 0 Å². The maximum Gasteiger partial charge on any atom is 0.266 e. The molecular formula is C14H12N6O4. The van der Waals surface area contributed by atoms with Crippen LogP contribution in [0.25, 0.3) is 11.5 Å². The van der Waals surface area contributed by atoms with Crippen molar-refractivity contribution in [3.8, 4) is 11.5 Å². The fraction of sp³-hybridized carbons (Fsp3) is 0.143. The summed E-state index contributed by atoms with van der Waals surface area (Å²) in [4.78, 5) is 42.7. The minimum atomic E-state index is -0.528. The molecule has 3 rings (SSSR count). The van der Waals surface area contributed by atoms with Gasteiger partial charge in [-0.2, -0.15) is 4.98 Å². The van der Waals surface area contributed by atoms with Crippen LogP contribution in [0.2, 0.25) is 0 Å². The third kappa shape index (κ3) is 3.61. The summed E-state index contributed by atoms with van der Waals surface area (Å²) in [5.41, 5.74) is -0.404. The highest BCUT2D eigenvalue weighted by Crippen LogP contribution is 2.11. The summed E-state index contributed by atoms with van der Waals surface area (Å²) in [5.74, 6) is 0.0541. The second kappa shape index (κ2) is 6.69. The second-order valence-electron chi connectivity index (χ2n) is 4.79. The number of aromatic amines is 2. The zero-order valence-electron chi connectivity index (χ0n) is 12.3. The fourth-order valence-corrected chi connectivity index (χ4v) is 1.93. The Bertz CT molecular complexity index is 959. The summed E-state index contributed by atoms with van der Waals surface area (Å²) < 4.78 is 5.02. The number of nitrogens with zero attached hydrogens (tertiary/aromatic N) is 3. The minimum absolute atomic E-state index is 0.000236. The van der Waals surface area contributed by atoms with Gasteiger partial charge in [-0.15, -0.1) is 0 Å². The zero-order chi connectivity index (χ0) is 16.9. The van der Waals surface area contributed by atoms with Gasteiger partial charge in [-0.3, -0.25) is 29.6 Å². The Morgan fingerprint density at radius 3 is 2.92 bits per heavy atom. The molecule has 0 saturated heterocycles. The maximum atomic E-state index is 11.8. The molecule has 1 amide bonds. The van der Waals surface area contributed by atoms with Crippen molar-refractivity contribution >= 4 is 5.91 Å². The predicted octanol–water partition coefficient (Wildman–Crippen LogP) is -0.633. The molecular weight excluding hydrogens is 316 g/mol. The average molecular weight is 328 g/mol. The molecule has 0 aliphatic rings. The normalized spacial score (nSPS) is 10.5. The van der Waals surface area contributed by atoms with Crippen molar-refractivity contribution in [2.24, 2.45) is 0 Å². The molecule has 24 heavy (non-hydrogen) atoms. The Balaban J connectivity index is 1.61. The van der Waals surface area contributed by atoms with Crippen molar-refractivity contribution in [1.29, 1.82) is 0 Å². The lowest BCUT2D eigenvalue weighted by atomic mass is 10.2. The van der Waals surface area contributed by atoms with E-state index >= 15 is 0 Å². The lowest BCUT2D eigenvalue weighted by Crippen LogP contribution is -2.29. The van der Waals surface area contributed by atoms with E-state index in [2.05, 4.69) is 30.6 Å². The molecule has 3 N–H and O–H groups in total. The molecule has 10 heteroatoms. The number of hydrogen-bond donors (Lipinski definition) is 3. The van der Waals surface area contributed by atoms with E-state index in [0.717, 1.165) is 6.07 Å². The first kappa shape index (κ1) is 15.3. The highest BCUT2D eigenvalue weighted by molar-refractivity contribution is 5.78. The van der Waals surface area contributed by atoms with E-state index in [0.29, 0.717) is 11.5 Å². The molecule has 0 aromatic carbocycles. The monoisotopic (exact) mass is 328 g/mol. The summed E-state index contributed by atoms with van der Waals surface area (Å²) in [6.07, 6.45) is 1.37. The quantitative estimate of drug-likeness (QED) is 0.565. The summed E-state index contributed by atoms with van der Waals surface area (Å²) in [7, 11) is 0. The molecule has 0 fully saturated rings. The summed E-state index contributed by atoms with van der Waals surface area (Å²) >= 11 is 0. The van der Waals surface area contributed by atoms with E-state index in [4.69, 9.17) is 4.52 Å². The SMILES string of the molecule is O=C(Cc1cc(=O)[nH][nH]c1=O)NCc1nc(-c2ccccn2)no1. The van der Waals surface area contributed by atoms with Gasteiger partial charge in [-0.25, -0.2) is 0 Å². The predicted molar refractivity (Wildman–Crippen MR) is 80.8 cm³/mol. The Labute approximate surface area is 133 Å². The standard InChI is InChI=1S/C14H12N6O4/c21-10(5-8-6-11(22)18-19-14(8)23)16-7-12-17-13(20-24-12)9-3-1-2-4-15-9/h1-4,6H,5,7H2,(H,16,21)(H,18,22)(H,19,23). The molecule has 0 bridgehead atoms. The zero-order valence-corrected chi connectivity index (χ0v) is 12.3. The van der Waals surface area contributed by atoms with Gasteiger partial charge in [-0.05, 0) is 12.1 Å². The number of carbonyl (C=O) groups is 1. The molecule has 0 aliphatic heterocycles. The van der Waals surface area contributed by atoms with E-state index in [1.165, 1.54) is 0 Å². The van der Waals surface area contributed by atoms with Crippen LogP contribution in [-0.4, -0.2) is 31.2 Å². The first-order valence-electron chi connectivity index (χ1n) is 6.93. The summed E-state index contributed by atoms with van der Waals surface area (Å²) in [6.45, 7) is -0.000236. The van der Waals surface area contributed by atoms with Crippen LogP contribution in [0.1, 0.15) is 11.5 Å². The molecule has 0 radical (unpaired) electrons. The Hall–Kier alpha value is -3.56. The van der Waals surface area contributed by atoms with E-state index in [9.17, 15) is 14.4 Å². The molecule has 0 aliphatic carbocycles. The van der Waals surface area contributed by atoms with Gasteiger partial charge in [0.25, 0.3) is 11.1 Å². The third-order valence-electron chi connectivity index (χ3n) is 3.05. The fourth-order valence-electron chi connectivity index (χ4n) is 1.93. The second-order valence-corrected chi connectivity index (χ2v) is 4.79. The summed E-state index contributed by atoms with van der Waals surface area (Å²) in [6, 6.07) is 6.36. The van der Waals surface area contributed by atoms with Crippen LogP contribution in [-0.2, 0) is 17.8 Å². The van der Waals surface area contributed by atoms with Crippen LogP contribution >= 0.6 is 0 Å². The van der Waals surface area contributed by atoms with Gasteiger partial charge in [0.15, 0.2) is 0 Å². The van der Waals surface area contributed by atoms with Crippen molar-refractivity contribution < 1.29 is 9.32 Å². The van der Waals surface area contributed by atoms with Gasteiger partial charge in [0, 0.05) is 17.8 Å². The van der Waals surface area contributed by atoms with E-state index < -0.39 is 17.0 Å². The Kier molecular flexibility index (Phi) is 4.27. The molecule has 10 nitrogen and oxygen atoms in total. The highest BCUT2D eigenvalue weighted by atomic mass is 16.5. The van der Waals surface area contributed by atoms with Gasteiger partial charge in [-0.1, -0.05) is 11.2 Å². The van der Waals surface area contributed by atoms with Gasteiger partial charge in [0.2, 0.25) is 17.6 Å². The number of amides is 1. The molecule has 0 saturated carbocycles. The molecule has 0 unspecified atom stereocenters. The number of H-pyrrole nitrogens is 2. The average Bonchev–Trinajstić information content (AvgIpc) is 3.06. The largest absolute Gasteiger partial charge is 0.347 e. The van der Waals surface area contributed by atoms with Crippen molar-refractivity contribution in [3.63, 3.8) is 0 Å². The molecule has 122 valence electrons. The third-order valence-corrected chi connectivity index (χ3v) is 3.05. The highest BCUT2D eigenvalue weighted by Gasteiger charge is 2.12. The lowest BCUT2D eigenvalue weighted by Gasteiger charge is -2.01. The van der Waals surface area contributed by atoms with Gasteiger partial charge in [0.1, 0.15) is 5.69 Å². The van der Waals surface area contributed by atoms with E-state index in [1.54, 1.807) is 24.4 Å². The first-order valence-corrected chi connectivity index (χ1v) is 6.93. The number of nitrogens with one attached hydrogen (secondary N) is 3. The summed E-state index contributed by atoms with van der Waals surface area (Å²) in [5, 5.41) is 10.6. The molecule has 0 spiro atoms. The Morgan fingerprint density at radius 2 is 2.12 bits per heavy atom. The van der Waals surface area contributed by atoms with Crippen LogP contribution < -0.4 is 16.4 Å². The number of rotatable bonds is 5. The molecule has 3 heterocycles. The van der Waals surface area contributed by atoms with Gasteiger partial charge in [0.05, 0.1) is 13.0 Å².